The van der Waals surface area contributed by atoms with E-state index in [1.807, 2.05) is 23.5 Å². The molecule has 4 N–H and O–H groups in total. The molecule has 0 aliphatic heterocycles. The minimum absolute atomic E-state index is 0.0221. The third-order valence-corrected chi connectivity index (χ3v) is 5.98. The number of ether oxygens (including phenoxy) is 2. The van der Waals surface area contributed by atoms with Crippen molar-refractivity contribution in [2.45, 2.75) is 57.4 Å². The van der Waals surface area contributed by atoms with Gasteiger partial charge in [0.1, 0.15) is 29.1 Å². The van der Waals surface area contributed by atoms with Gasteiger partial charge in [-0.05, 0) is 57.9 Å². The Morgan fingerprint density at radius 1 is 1.09 bits per heavy atom. The summed E-state index contributed by atoms with van der Waals surface area (Å²) in [4.78, 5) is 42.2. The summed E-state index contributed by atoms with van der Waals surface area (Å²) in [5.74, 6) is 0.282. The van der Waals surface area contributed by atoms with E-state index < -0.39 is 28.9 Å². The first kappa shape index (κ1) is 31.4. The fraction of sp³-hybridized carbons (Fsp3) is 0.423. The smallest absolute Gasteiger partial charge is 0.408 e. The van der Waals surface area contributed by atoms with Crippen molar-refractivity contribution >= 4 is 58.6 Å². The van der Waals surface area contributed by atoms with E-state index in [2.05, 4.69) is 41.6 Å². The number of amides is 3. The second-order valence-corrected chi connectivity index (χ2v) is 12.3. The predicted octanol–water partition coefficient (Wildman–Crippen LogP) is 0.453. The summed E-state index contributed by atoms with van der Waals surface area (Å²) in [6.07, 6.45) is 1.04. The van der Waals surface area contributed by atoms with Crippen LogP contribution in [0.1, 0.15) is 62.9 Å². The van der Waals surface area contributed by atoms with Gasteiger partial charge in [-0.3, -0.25) is 9.59 Å². The molecule has 0 saturated heterocycles. The molecule has 1 aromatic carbocycles. The Morgan fingerprint density at radius 3 is 2.44 bits per heavy atom. The van der Waals surface area contributed by atoms with Crippen LogP contribution in [0.4, 0.5) is 22.0 Å². The highest BCUT2D eigenvalue weighted by Crippen LogP contribution is 2.38. The second kappa shape index (κ2) is 12.4. The van der Waals surface area contributed by atoms with Gasteiger partial charge in [-0.2, -0.15) is 4.98 Å². The third-order valence-electron chi connectivity index (χ3n) is 5.98. The van der Waals surface area contributed by atoms with Crippen LogP contribution in [0.5, 0.6) is 5.75 Å². The zero-order chi connectivity index (χ0) is 31.5. The lowest BCUT2D eigenvalue weighted by Crippen LogP contribution is -2.50. The van der Waals surface area contributed by atoms with E-state index in [0.717, 1.165) is 12.8 Å². The number of benzene rings is 1. The van der Waals surface area contributed by atoms with Gasteiger partial charge < -0.3 is 35.3 Å². The molecule has 14 nitrogen and oxygen atoms in total. The van der Waals surface area contributed by atoms with Crippen LogP contribution in [-0.4, -0.2) is 79.7 Å². The minimum atomic E-state index is -0.659. The Morgan fingerprint density at radius 2 is 1.81 bits per heavy atom. The average molecular weight is 588 g/mol. The quantitative estimate of drug-likeness (QED) is 0.242. The second-order valence-electron chi connectivity index (χ2n) is 12.3. The minimum Gasteiger partial charge on any atom is -0.494 e. The number of anilines is 3. The van der Waals surface area contributed by atoms with Gasteiger partial charge in [-0.1, -0.05) is 11.2 Å². The van der Waals surface area contributed by atoms with Crippen LogP contribution < -0.4 is 26.0 Å². The molecule has 17 heteroatoms. The third kappa shape index (κ3) is 8.49. The number of hydrogen-bond acceptors (Lipinski definition) is 11. The summed E-state index contributed by atoms with van der Waals surface area (Å²) in [5.41, 5.74) is 0.570. The van der Waals surface area contributed by atoms with Crippen LogP contribution in [0.25, 0.3) is 11.5 Å². The zero-order valence-corrected chi connectivity index (χ0v) is 25.6. The molecule has 4 rings (SSSR count). The lowest BCUT2D eigenvalue weighted by atomic mass is 9.49. The number of methoxy groups -OCH3 is 1. The van der Waals surface area contributed by atoms with Gasteiger partial charge in [0.05, 0.1) is 30.1 Å². The van der Waals surface area contributed by atoms with E-state index in [-0.39, 0.29) is 35.1 Å². The number of nitrogens with zero attached hydrogens (tertiary/aromatic N) is 4. The van der Waals surface area contributed by atoms with Crippen molar-refractivity contribution < 1.29 is 28.4 Å². The molecule has 43 heavy (non-hydrogen) atoms. The number of para-hydroxylation sites is 1. The Bertz CT molecular complexity index is 1520. The average Bonchev–Trinajstić information content (AvgIpc) is 3.63. The molecule has 1 atom stereocenters. The Hall–Kier alpha value is -4.56. The highest BCUT2D eigenvalue weighted by atomic mass is 16.6. The topological polar surface area (TPSA) is 182 Å². The predicted molar refractivity (Wildman–Crippen MR) is 167 cm³/mol. The molecule has 1 saturated carbocycles. The van der Waals surface area contributed by atoms with Gasteiger partial charge in [-0.15, -0.1) is 10.2 Å². The number of nitrogens with one attached hydrogen (secondary N) is 4. The van der Waals surface area contributed by atoms with Gasteiger partial charge in [0.15, 0.2) is 23.1 Å². The molecule has 3 amide bonds. The molecular formula is C26H35B3N8O6. The Balaban J connectivity index is 1.63. The highest BCUT2D eigenvalue weighted by Gasteiger charge is 2.30. The first-order valence-corrected chi connectivity index (χ1v) is 13.9. The van der Waals surface area contributed by atoms with E-state index in [1.165, 1.54) is 7.11 Å². The first-order chi connectivity index (χ1) is 20.1. The highest BCUT2D eigenvalue weighted by molar-refractivity contribution is 6.60. The molecule has 2 aromatic heterocycles. The summed E-state index contributed by atoms with van der Waals surface area (Å²) in [7, 11) is 7.04. The molecule has 1 aliphatic carbocycles. The summed E-state index contributed by atoms with van der Waals surface area (Å²) in [5, 5.41) is 23.2. The fourth-order valence-electron chi connectivity index (χ4n) is 3.93. The largest absolute Gasteiger partial charge is 0.494 e. The maximum atomic E-state index is 13.1. The van der Waals surface area contributed by atoms with E-state index in [1.54, 1.807) is 52.0 Å². The fourth-order valence-corrected chi connectivity index (χ4v) is 3.93. The number of carbonyl (C=O) groups excluding carboxylic acids is 3. The molecule has 224 valence electrons. The summed E-state index contributed by atoms with van der Waals surface area (Å²) < 4.78 is 16.5. The Kier molecular flexibility index (Phi) is 9.02. The summed E-state index contributed by atoms with van der Waals surface area (Å²) in [6.45, 7) is 7.01. The maximum Gasteiger partial charge on any atom is 0.408 e. The molecular weight excluding hydrogens is 553 g/mol. The molecule has 0 bridgehead atoms. The van der Waals surface area contributed by atoms with Crippen LogP contribution in [0.15, 0.2) is 28.8 Å². The van der Waals surface area contributed by atoms with Crippen LogP contribution in [0.2, 0.25) is 0 Å². The molecule has 0 unspecified atom stereocenters. The molecule has 2 heterocycles. The van der Waals surface area contributed by atoms with Crippen molar-refractivity contribution in [3.05, 3.63) is 35.8 Å². The normalized spacial score (nSPS) is 13.9. The Labute approximate surface area is 252 Å². The maximum absolute atomic E-state index is 13.1. The number of hydrogen-bond donors (Lipinski definition) is 4. The first-order valence-electron chi connectivity index (χ1n) is 13.9. The van der Waals surface area contributed by atoms with Gasteiger partial charge in [0.2, 0.25) is 5.91 Å². The van der Waals surface area contributed by atoms with E-state index in [0.29, 0.717) is 22.7 Å². The van der Waals surface area contributed by atoms with Crippen molar-refractivity contribution in [3.8, 4) is 17.2 Å². The lowest BCUT2D eigenvalue weighted by Gasteiger charge is -2.21. The van der Waals surface area contributed by atoms with Crippen molar-refractivity contribution in [3.63, 3.8) is 0 Å². The van der Waals surface area contributed by atoms with Crippen LogP contribution in [0.3, 0.4) is 0 Å². The monoisotopic (exact) mass is 588 g/mol. The van der Waals surface area contributed by atoms with Gasteiger partial charge in [0, 0.05) is 12.0 Å². The summed E-state index contributed by atoms with van der Waals surface area (Å²) in [6, 6.07) is 6.15. The number of carbonyl (C=O) groups is 3. The molecule has 3 aromatic rings. The van der Waals surface area contributed by atoms with Crippen LogP contribution >= 0.6 is 0 Å². The van der Waals surface area contributed by atoms with Gasteiger partial charge in [-0.25, -0.2) is 4.79 Å². The van der Waals surface area contributed by atoms with Crippen molar-refractivity contribution in [2.75, 3.05) is 17.7 Å². The van der Waals surface area contributed by atoms with E-state index >= 15 is 0 Å². The molecule has 1 fully saturated rings. The van der Waals surface area contributed by atoms with Crippen LogP contribution in [-0.2, 0) is 9.53 Å². The molecule has 0 radical (unpaired) electrons. The lowest BCUT2D eigenvalue weighted by molar-refractivity contribution is -0.117. The van der Waals surface area contributed by atoms with E-state index in [4.69, 9.17) is 14.0 Å². The molecule has 0 spiro atoms. The van der Waals surface area contributed by atoms with Crippen molar-refractivity contribution in [1.29, 1.82) is 0 Å². The number of aromatic nitrogens is 4. The van der Waals surface area contributed by atoms with Gasteiger partial charge in [0.25, 0.3) is 11.8 Å². The zero-order valence-electron chi connectivity index (χ0n) is 25.6. The van der Waals surface area contributed by atoms with Crippen LogP contribution in [0, 0.1) is 5.92 Å². The summed E-state index contributed by atoms with van der Waals surface area (Å²) >= 11 is 0. The molecule has 1 aliphatic rings. The number of rotatable bonds is 10. The van der Waals surface area contributed by atoms with Gasteiger partial charge >= 0.3 is 6.09 Å². The SMILES string of the molecule is BC(B)(B)NC(=O)c1nnc(NC(=O)C2CC2)cc1Nc1cccc(-c2nc([C@@H](C)NC(=O)OC(C)(C)C)no2)c1OC. The van der Waals surface area contributed by atoms with Crippen molar-refractivity contribution in [1.82, 2.24) is 31.0 Å². The van der Waals surface area contributed by atoms with E-state index in [9.17, 15) is 14.4 Å². The standard InChI is InChI=1S/C26H35B3N8O6/c1-12(30-24(40)42-25(2,3)4)20-33-23(43-37-20)14-7-6-8-15(19(14)41-5)31-16-11-17(32-21(38)13-9-10-13)35-36-18(16)22(39)34-26(27,28)29/h6-8,11-13H,9-10,27-29H2,1-5H3,(H,30,40)(H,34,39)(H2,31,32,35,38)/t12-/m1/s1. The van der Waals surface area contributed by atoms with Crippen molar-refractivity contribution in [2.24, 2.45) is 5.92 Å². The number of alkyl carbamates (subject to hydrolysis) is 1.